The second-order valence-corrected chi connectivity index (χ2v) is 4.98. The first-order valence-electron chi connectivity index (χ1n) is 6.10. The van der Waals surface area contributed by atoms with Gasteiger partial charge >= 0.3 is 0 Å². The Bertz CT molecular complexity index is 397. The smallest absolute Gasteiger partial charge is 0.142 e. The van der Waals surface area contributed by atoms with Crippen LogP contribution in [0.25, 0.3) is 0 Å². The number of nitrogens with one attached hydrogen (secondary N) is 1. The molecular weight excluding hydrogens is 255 g/mol. The summed E-state index contributed by atoms with van der Waals surface area (Å²) >= 11 is 5.93. The summed E-state index contributed by atoms with van der Waals surface area (Å²) in [4.78, 5) is 2.10. The fourth-order valence-corrected chi connectivity index (χ4v) is 2.30. The van der Waals surface area contributed by atoms with Gasteiger partial charge < -0.3 is 10.1 Å². The van der Waals surface area contributed by atoms with Gasteiger partial charge in [0.2, 0.25) is 0 Å². The number of ether oxygens (including phenoxy) is 1. The quantitative estimate of drug-likeness (QED) is 0.906. The second kappa shape index (κ2) is 6.48. The van der Waals surface area contributed by atoms with E-state index in [4.69, 9.17) is 16.3 Å². The van der Waals surface area contributed by atoms with E-state index in [0.29, 0.717) is 6.54 Å². The number of likely N-dealkylation sites (N-methyl/N-ethyl adjacent to an activating group) is 1. The Morgan fingerprint density at radius 3 is 3.11 bits per heavy atom. The van der Waals surface area contributed by atoms with E-state index in [1.165, 1.54) is 6.07 Å². The van der Waals surface area contributed by atoms with Gasteiger partial charge in [0.05, 0.1) is 17.7 Å². The first-order valence-corrected chi connectivity index (χ1v) is 6.48. The summed E-state index contributed by atoms with van der Waals surface area (Å²) in [5.74, 6) is -0.363. The van der Waals surface area contributed by atoms with Crippen LogP contribution in [0.15, 0.2) is 18.2 Å². The van der Waals surface area contributed by atoms with E-state index in [1.54, 1.807) is 6.07 Å². The van der Waals surface area contributed by atoms with Crippen molar-refractivity contribution in [2.45, 2.75) is 12.6 Å². The van der Waals surface area contributed by atoms with Crippen molar-refractivity contribution in [2.75, 3.05) is 33.3 Å². The number of morpholine rings is 1. The molecule has 0 spiro atoms. The summed E-state index contributed by atoms with van der Waals surface area (Å²) in [5, 5.41) is 3.50. The molecule has 5 heteroatoms. The molecule has 1 N–H and O–H groups in total. The van der Waals surface area contributed by atoms with E-state index in [2.05, 4.69) is 10.2 Å². The minimum Gasteiger partial charge on any atom is -0.374 e. The summed E-state index contributed by atoms with van der Waals surface area (Å²) in [7, 11) is 1.99. The highest BCUT2D eigenvalue weighted by molar-refractivity contribution is 6.31. The average molecular weight is 273 g/mol. The molecule has 0 amide bonds. The molecule has 0 bridgehead atoms. The van der Waals surface area contributed by atoms with Crippen molar-refractivity contribution in [3.63, 3.8) is 0 Å². The molecule has 0 aliphatic carbocycles. The van der Waals surface area contributed by atoms with Crippen LogP contribution in [-0.4, -0.2) is 44.3 Å². The number of hydrogen-bond donors (Lipinski definition) is 1. The molecule has 1 aromatic rings. The Morgan fingerprint density at radius 1 is 1.56 bits per heavy atom. The molecule has 1 atom stereocenters. The SMILES string of the molecule is CN(Cc1cccc(F)c1Cl)CC1CNCCO1. The minimum atomic E-state index is -0.363. The molecule has 3 nitrogen and oxygen atoms in total. The summed E-state index contributed by atoms with van der Waals surface area (Å²) < 4.78 is 18.9. The van der Waals surface area contributed by atoms with Gasteiger partial charge in [-0.2, -0.15) is 0 Å². The highest BCUT2D eigenvalue weighted by Gasteiger charge is 2.16. The Labute approximate surface area is 112 Å². The monoisotopic (exact) mass is 272 g/mol. The molecule has 2 rings (SSSR count). The maximum atomic E-state index is 13.3. The predicted molar refractivity (Wildman–Crippen MR) is 70.4 cm³/mol. The van der Waals surface area contributed by atoms with Crippen molar-refractivity contribution in [3.05, 3.63) is 34.6 Å². The molecule has 0 aromatic heterocycles. The number of nitrogens with zero attached hydrogens (tertiary/aromatic N) is 1. The Morgan fingerprint density at radius 2 is 2.39 bits per heavy atom. The van der Waals surface area contributed by atoms with Gasteiger partial charge in [-0.15, -0.1) is 0 Å². The van der Waals surface area contributed by atoms with Crippen LogP contribution in [0, 0.1) is 5.82 Å². The van der Waals surface area contributed by atoms with Crippen LogP contribution in [0.1, 0.15) is 5.56 Å². The Balaban J connectivity index is 1.90. The second-order valence-electron chi connectivity index (χ2n) is 4.61. The van der Waals surface area contributed by atoms with Gasteiger partial charge in [0, 0.05) is 26.2 Å². The van der Waals surface area contributed by atoms with Crippen LogP contribution >= 0.6 is 11.6 Å². The first-order chi connectivity index (χ1) is 8.66. The molecule has 0 saturated carbocycles. The Kier molecular flexibility index (Phi) is 4.95. The van der Waals surface area contributed by atoms with Crippen molar-refractivity contribution < 1.29 is 9.13 Å². The summed E-state index contributed by atoms with van der Waals surface area (Å²) in [6.45, 7) is 3.95. The van der Waals surface area contributed by atoms with Crippen molar-refractivity contribution in [3.8, 4) is 0 Å². The summed E-state index contributed by atoms with van der Waals surface area (Å²) in [5.41, 5.74) is 0.808. The van der Waals surface area contributed by atoms with Gasteiger partial charge in [-0.3, -0.25) is 4.90 Å². The van der Waals surface area contributed by atoms with Crippen LogP contribution in [-0.2, 0) is 11.3 Å². The average Bonchev–Trinajstić information content (AvgIpc) is 2.36. The third-order valence-corrected chi connectivity index (χ3v) is 3.41. The molecular formula is C13H18ClFN2O. The third kappa shape index (κ3) is 3.65. The fraction of sp³-hybridized carbons (Fsp3) is 0.538. The van der Waals surface area contributed by atoms with Gasteiger partial charge in [-0.05, 0) is 18.7 Å². The normalized spacial score (nSPS) is 20.3. The maximum absolute atomic E-state index is 13.3. The lowest BCUT2D eigenvalue weighted by Gasteiger charge is -2.28. The van der Waals surface area contributed by atoms with Crippen LogP contribution in [0.4, 0.5) is 4.39 Å². The Hall–Kier alpha value is -0.680. The topological polar surface area (TPSA) is 24.5 Å². The molecule has 1 fully saturated rings. The van der Waals surface area contributed by atoms with E-state index in [0.717, 1.165) is 31.8 Å². The maximum Gasteiger partial charge on any atom is 0.142 e. The largest absolute Gasteiger partial charge is 0.374 e. The molecule has 1 unspecified atom stereocenters. The third-order valence-electron chi connectivity index (χ3n) is 2.99. The van der Waals surface area contributed by atoms with E-state index in [-0.39, 0.29) is 16.9 Å². The van der Waals surface area contributed by atoms with E-state index in [9.17, 15) is 4.39 Å². The van der Waals surface area contributed by atoms with Crippen LogP contribution in [0.3, 0.4) is 0 Å². The lowest BCUT2D eigenvalue weighted by molar-refractivity contribution is 0.00884. The van der Waals surface area contributed by atoms with Crippen LogP contribution in [0.5, 0.6) is 0 Å². The van der Waals surface area contributed by atoms with Crippen molar-refractivity contribution in [1.29, 1.82) is 0 Å². The number of halogens is 2. The standard InChI is InChI=1S/C13H18ClFN2O/c1-17(9-11-7-16-5-6-18-11)8-10-3-2-4-12(15)13(10)14/h2-4,11,16H,5-9H2,1H3. The van der Waals surface area contributed by atoms with Gasteiger partial charge in [0.15, 0.2) is 0 Å². The molecule has 18 heavy (non-hydrogen) atoms. The van der Waals surface area contributed by atoms with E-state index in [1.807, 2.05) is 13.1 Å². The zero-order chi connectivity index (χ0) is 13.0. The lowest BCUT2D eigenvalue weighted by atomic mass is 10.2. The molecule has 100 valence electrons. The van der Waals surface area contributed by atoms with Gasteiger partial charge in [-0.25, -0.2) is 4.39 Å². The minimum absolute atomic E-state index is 0.191. The van der Waals surface area contributed by atoms with Gasteiger partial charge in [0.25, 0.3) is 0 Å². The molecule has 1 aliphatic rings. The van der Waals surface area contributed by atoms with Crippen LogP contribution in [0.2, 0.25) is 5.02 Å². The number of hydrogen-bond acceptors (Lipinski definition) is 3. The zero-order valence-electron chi connectivity index (χ0n) is 10.5. The molecule has 1 saturated heterocycles. The molecule has 1 aliphatic heterocycles. The molecule has 1 aromatic carbocycles. The van der Waals surface area contributed by atoms with Gasteiger partial charge in [-0.1, -0.05) is 23.7 Å². The van der Waals surface area contributed by atoms with E-state index >= 15 is 0 Å². The highest BCUT2D eigenvalue weighted by Crippen LogP contribution is 2.20. The summed E-state index contributed by atoms with van der Waals surface area (Å²) in [6, 6.07) is 4.91. The highest BCUT2D eigenvalue weighted by atomic mass is 35.5. The summed E-state index contributed by atoms with van der Waals surface area (Å²) in [6.07, 6.45) is 0.191. The number of benzene rings is 1. The van der Waals surface area contributed by atoms with Crippen molar-refractivity contribution in [2.24, 2.45) is 0 Å². The lowest BCUT2D eigenvalue weighted by Crippen LogP contribution is -2.44. The van der Waals surface area contributed by atoms with Crippen molar-refractivity contribution >= 4 is 11.6 Å². The first kappa shape index (κ1) is 13.7. The van der Waals surface area contributed by atoms with Crippen LogP contribution < -0.4 is 5.32 Å². The fourth-order valence-electron chi connectivity index (χ4n) is 2.11. The zero-order valence-corrected chi connectivity index (χ0v) is 11.2. The van der Waals surface area contributed by atoms with Gasteiger partial charge in [0.1, 0.15) is 5.82 Å². The van der Waals surface area contributed by atoms with E-state index < -0.39 is 0 Å². The van der Waals surface area contributed by atoms with Crippen molar-refractivity contribution in [1.82, 2.24) is 10.2 Å². The molecule has 0 radical (unpaired) electrons. The predicted octanol–water partition coefficient (Wildman–Crippen LogP) is 1.90. The number of rotatable bonds is 4. The molecule has 1 heterocycles.